The zero-order chi connectivity index (χ0) is 11.3. The third-order valence-electron chi connectivity index (χ3n) is 2.26. The van der Waals surface area contributed by atoms with Gasteiger partial charge in [0.15, 0.2) is 0 Å². The molecule has 84 valence electrons. The Hall–Kier alpha value is -0.540. The molecule has 0 aliphatic carbocycles. The van der Waals surface area contributed by atoms with Crippen molar-refractivity contribution in [3.05, 3.63) is 23.2 Å². The van der Waals surface area contributed by atoms with Gasteiger partial charge in [-0.3, -0.25) is 0 Å². The van der Waals surface area contributed by atoms with Crippen LogP contribution in [0.15, 0.2) is 18.2 Å². The summed E-state index contributed by atoms with van der Waals surface area (Å²) in [5.41, 5.74) is 7.27. The van der Waals surface area contributed by atoms with Gasteiger partial charge in [-0.1, -0.05) is 18.5 Å². The minimum absolute atomic E-state index is 0.671. The molecule has 1 unspecified atom stereocenters. The van der Waals surface area contributed by atoms with Crippen LogP contribution in [0.25, 0.3) is 0 Å². The average Bonchev–Trinajstić information content (AvgIpc) is 2.21. The number of halogens is 1. The van der Waals surface area contributed by atoms with Crippen LogP contribution in [-0.2, 0) is 0 Å². The van der Waals surface area contributed by atoms with Crippen molar-refractivity contribution in [1.82, 2.24) is 0 Å². The molecule has 0 aliphatic rings. The SMILES string of the molecule is CSC(C)CCNc1ccc(N)cc1Cl. The van der Waals surface area contributed by atoms with Gasteiger partial charge in [-0.05, 0) is 30.9 Å². The van der Waals surface area contributed by atoms with Crippen molar-refractivity contribution in [2.75, 3.05) is 23.9 Å². The molecule has 2 nitrogen and oxygen atoms in total. The van der Waals surface area contributed by atoms with Gasteiger partial charge in [0.1, 0.15) is 0 Å². The summed E-state index contributed by atoms with van der Waals surface area (Å²) in [5, 5.41) is 4.66. The molecule has 3 N–H and O–H groups in total. The van der Waals surface area contributed by atoms with Gasteiger partial charge in [0.05, 0.1) is 10.7 Å². The van der Waals surface area contributed by atoms with Gasteiger partial charge in [-0.15, -0.1) is 0 Å². The molecule has 0 bridgehead atoms. The van der Waals surface area contributed by atoms with E-state index in [1.54, 1.807) is 6.07 Å². The molecule has 4 heteroatoms. The summed E-state index contributed by atoms with van der Waals surface area (Å²) >= 11 is 7.90. The number of nitrogens with two attached hydrogens (primary N) is 1. The highest BCUT2D eigenvalue weighted by molar-refractivity contribution is 7.99. The number of nitrogens with one attached hydrogen (secondary N) is 1. The Morgan fingerprint density at radius 2 is 2.27 bits per heavy atom. The van der Waals surface area contributed by atoms with Crippen molar-refractivity contribution >= 4 is 34.7 Å². The van der Waals surface area contributed by atoms with Gasteiger partial charge in [0.25, 0.3) is 0 Å². The van der Waals surface area contributed by atoms with Gasteiger partial charge in [0.2, 0.25) is 0 Å². The third-order valence-corrected chi connectivity index (χ3v) is 3.61. The lowest BCUT2D eigenvalue weighted by Gasteiger charge is -2.11. The summed E-state index contributed by atoms with van der Waals surface area (Å²) in [7, 11) is 0. The van der Waals surface area contributed by atoms with Crippen LogP contribution in [0.5, 0.6) is 0 Å². The van der Waals surface area contributed by atoms with Crippen LogP contribution in [0.1, 0.15) is 13.3 Å². The van der Waals surface area contributed by atoms with Gasteiger partial charge >= 0.3 is 0 Å². The van der Waals surface area contributed by atoms with Crippen LogP contribution in [0.2, 0.25) is 5.02 Å². The van der Waals surface area contributed by atoms with E-state index in [2.05, 4.69) is 18.5 Å². The number of hydrogen-bond donors (Lipinski definition) is 2. The summed E-state index contributed by atoms with van der Waals surface area (Å²) in [4.78, 5) is 0. The molecule has 0 heterocycles. The fraction of sp³-hybridized carbons (Fsp3) is 0.455. The topological polar surface area (TPSA) is 38.0 Å². The van der Waals surface area contributed by atoms with E-state index in [0.29, 0.717) is 16.0 Å². The Labute approximate surface area is 101 Å². The van der Waals surface area contributed by atoms with E-state index in [-0.39, 0.29) is 0 Å². The second-order valence-electron chi connectivity index (χ2n) is 3.50. The summed E-state index contributed by atoms with van der Waals surface area (Å²) in [6.45, 7) is 3.16. The zero-order valence-electron chi connectivity index (χ0n) is 9.09. The van der Waals surface area contributed by atoms with Crippen LogP contribution in [0.4, 0.5) is 11.4 Å². The minimum Gasteiger partial charge on any atom is -0.399 e. The largest absolute Gasteiger partial charge is 0.399 e. The lowest BCUT2D eigenvalue weighted by atomic mass is 10.2. The predicted molar refractivity (Wildman–Crippen MR) is 71.9 cm³/mol. The molecule has 1 rings (SSSR count). The van der Waals surface area contributed by atoms with Crippen LogP contribution >= 0.6 is 23.4 Å². The van der Waals surface area contributed by atoms with Crippen molar-refractivity contribution in [3.63, 3.8) is 0 Å². The van der Waals surface area contributed by atoms with E-state index >= 15 is 0 Å². The summed E-state index contributed by atoms with van der Waals surface area (Å²) in [5.74, 6) is 0. The fourth-order valence-electron chi connectivity index (χ4n) is 1.20. The standard InChI is InChI=1S/C11H17ClN2S/c1-8(15-2)5-6-14-11-4-3-9(13)7-10(11)12/h3-4,7-8,14H,5-6,13H2,1-2H3. The summed E-state index contributed by atoms with van der Waals surface area (Å²) in [6, 6.07) is 5.54. The molecule has 0 aliphatic heterocycles. The van der Waals surface area contributed by atoms with Gasteiger partial charge in [-0.2, -0.15) is 11.8 Å². The number of nitrogen functional groups attached to an aromatic ring is 1. The van der Waals surface area contributed by atoms with Crippen molar-refractivity contribution < 1.29 is 0 Å². The van der Waals surface area contributed by atoms with Crippen molar-refractivity contribution in [2.45, 2.75) is 18.6 Å². The molecular formula is C11H17ClN2S. The Morgan fingerprint density at radius 3 is 2.87 bits per heavy atom. The quantitative estimate of drug-likeness (QED) is 0.779. The number of thioether (sulfide) groups is 1. The molecule has 0 spiro atoms. The smallest absolute Gasteiger partial charge is 0.0657 e. The fourth-order valence-corrected chi connectivity index (χ4v) is 1.81. The lowest BCUT2D eigenvalue weighted by molar-refractivity contribution is 0.854. The molecule has 1 atom stereocenters. The number of rotatable bonds is 5. The molecule has 0 saturated heterocycles. The summed E-state index contributed by atoms with van der Waals surface area (Å²) in [6.07, 6.45) is 3.25. The van der Waals surface area contributed by atoms with Crippen molar-refractivity contribution in [2.24, 2.45) is 0 Å². The number of anilines is 2. The first-order valence-corrected chi connectivity index (χ1v) is 6.61. The Bertz CT molecular complexity index is 317. The maximum atomic E-state index is 6.03. The molecule has 0 aromatic heterocycles. The van der Waals surface area contributed by atoms with E-state index in [1.165, 1.54) is 0 Å². The number of hydrogen-bond acceptors (Lipinski definition) is 3. The monoisotopic (exact) mass is 244 g/mol. The molecule has 0 amide bonds. The Kier molecular flexibility index (Phi) is 5.12. The van der Waals surface area contributed by atoms with E-state index in [1.807, 2.05) is 23.9 Å². The maximum Gasteiger partial charge on any atom is 0.0657 e. The van der Waals surface area contributed by atoms with E-state index in [0.717, 1.165) is 18.7 Å². The second-order valence-corrected chi connectivity index (χ2v) is 5.18. The Balaban J connectivity index is 2.44. The van der Waals surface area contributed by atoms with Crippen LogP contribution in [0, 0.1) is 0 Å². The molecule has 1 aromatic carbocycles. The molecule has 0 saturated carbocycles. The first kappa shape index (κ1) is 12.5. The molecule has 15 heavy (non-hydrogen) atoms. The lowest BCUT2D eigenvalue weighted by Crippen LogP contribution is -2.08. The second kappa shape index (κ2) is 6.13. The van der Waals surface area contributed by atoms with Crippen molar-refractivity contribution in [3.8, 4) is 0 Å². The van der Waals surface area contributed by atoms with E-state index in [9.17, 15) is 0 Å². The predicted octanol–water partition coefficient (Wildman–Crippen LogP) is 3.48. The van der Waals surface area contributed by atoms with Crippen LogP contribution < -0.4 is 11.1 Å². The zero-order valence-corrected chi connectivity index (χ0v) is 10.7. The Morgan fingerprint density at radius 1 is 1.53 bits per heavy atom. The van der Waals surface area contributed by atoms with Gasteiger partial charge < -0.3 is 11.1 Å². The highest BCUT2D eigenvalue weighted by Crippen LogP contribution is 2.24. The minimum atomic E-state index is 0.671. The third kappa shape index (κ3) is 4.22. The van der Waals surface area contributed by atoms with Crippen LogP contribution in [0.3, 0.4) is 0 Å². The van der Waals surface area contributed by atoms with Crippen molar-refractivity contribution in [1.29, 1.82) is 0 Å². The first-order chi connectivity index (χ1) is 7.13. The van der Waals surface area contributed by atoms with Gasteiger partial charge in [-0.25, -0.2) is 0 Å². The van der Waals surface area contributed by atoms with Gasteiger partial charge in [0, 0.05) is 17.5 Å². The molecule has 0 radical (unpaired) electrons. The first-order valence-electron chi connectivity index (χ1n) is 4.95. The maximum absolute atomic E-state index is 6.03. The average molecular weight is 245 g/mol. The molecule has 0 fully saturated rings. The number of benzene rings is 1. The molecular weight excluding hydrogens is 228 g/mol. The highest BCUT2D eigenvalue weighted by atomic mass is 35.5. The highest BCUT2D eigenvalue weighted by Gasteiger charge is 2.01. The normalized spacial score (nSPS) is 12.5. The van der Waals surface area contributed by atoms with E-state index in [4.69, 9.17) is 17.3 Å². The van der Waals surface area contributed by atoms with E-state index < -0.39 is 0 Å². The van der Waals surface area contributed by atoms with Crippen LogP contribution in [-0.4, -0.2) is 18.1 Å². The molecule has 1 aromatic rings. The summed E-state index contributed by atoms with van der Waals surface area (Å²) < 4.78 is 0.